The Kier molecular flexibility index (Phi) is 20.7. The molecule has 11 rings (SSSR count). The maximum absolute atomic E-state index is 15.2. The number of fused-ring (bicyclic) bond motifs is 3. The van der Waals surface area contributed by atoms with Gasteiger partial charge in [-0.25, -0.2) is 19.2 Å². The topological polar surface area (TPSA) is 270 Å². The second-order valence-corrected chi connectivity index (χ2v) is 24.1. The fraction of sp³-hybridized carbons (Fsp3) is 0.391. The van der Waals surface area contributed by atoms with Crippen molar-refractivity contribution in [3.63, 3.8) is 0 Å². The third-order valence-corrected chi connectivity index (χ3v) is 18.0. The Morgan fingerprint density at radius 3 is 2.46 bits per heavy atom. The highest BCUT2D eigenvalue weighted by molar-refractivity contribution is 7.18. The van der Waals surface area contributed by atoms with E-state index < -0.39 is 41.5 Å². The summed E-state index contributed by atoms with van der Waals surface area (Å²) in [4.78, 5) is 106. The molecule has 23 nitrogen and oxygen atoms in total. The van der Waals surface area contributed by atoms with Gasteiger partial charge in [0.1, 0.15) is 16.7 Å². The second-order valence-electron chi connectivity index (χ2n) is 21.9. The van der Waals surface area contributed by atoms with Crippen molar-refractivity contribution >= 4 is 85.0 Å². The van der Waals surface area contributed by atoms with Gasteiger partial charge in [0.15, 0.2) is 28.2 Å². The summed E-state index contributed by atoms with van der Waals surface area (Å²) < 4.78 is 40.7. The van der Waals surface area contributed by atoms with Crippen molar-refractivity contribution in [1.82, 2.24) is 45.0 Å². The maximum atomic E-state index is 15.2. The van der Waals surface area contributed by atoms with Crippen LogP contribution in [0.5, 0.6) is 5.75 Å². The summed E-state index contributed by atoms with van der Waals surface area (Å²) in [5.41, 5.74) is 5.50. The number of hydrogen-bond acceptors (Lipinski definition) is 20. The smallest absolute Gasteiger partial charge is 0.355 e. The van der Waals surface area contributed by atoms with E-state index in [1.165, 1.54) is 28.7 Å². The predicted octanol–water partition coefficient (Wildman–Crippen LogP) is 6.22. The molecule has 7 aromatic rings. The van der Waals surface area contributed by atoms with Crippen LogP contribution in [0.2, 0.25) is 0 Å². The number of carbonyl (C=O) groups is 7. The van der Waals surface area contributed by atoms with Crippen LogP contribution in [0.15, 0.2) is 85.1 Å². The largest absolute Gasteiger partial charge is 0.491 e. The SMILES string of the molecule is O=C1CCC(N2C(=O)c3cccc(NCCOCCOCCOCc4cn(CCCC(=O)N5CCN(CC#Cc6ccc(OCCCc7sc(N8CCc9cccc(C(=O)Cc%10nc%11ccccc%11s%10)c9C8)nc7C(=O)O)c(F)c6)CC5)nn4)c3C2=O)C(=O)N1. The zero-order valence-electron chi connectivity index (χ0n) is 49.3. The van der Waals surface area contributed by atoms with E-state index >= 15 is 4.39 Å². The molecule has 0 bridgehead atoms. The number of aryl methyl sites for hydroxylation is 2. The van der Waals surface area contributed by atoms with Crippen LogP contribution < -0.4 is 20.3 Å². The lowest BCUT2D eigenvalue weighted by Gasteiger charge is -2.33. The van der Waals surface area contributed by atoms with Crippen LogP contribution in [0.3, 0.4) is 0 Å². The van der Waals surface area contributed by atoms with Gasteiger partial charge in [-0.2, -0.15) is 0 Å². The van der Waals surface area contributed by atoms with Gasteiger partial charge in [-0.15, -0.1) is 27.8 Å². The van der Waals surface area contributed by atoms with Gasteiger partial charge >= 0.3 is 5.97 Å². The molecule has 7 heterocycles. The lowest BCUT2D eigenvalue weighted by molar-refractivity contribution is -0.136. The minimum Gasteiger partial charge on any atom is -0.491 e. The van der Waals surface area contributed by atoms with Crippen LogP contribution in [0, 0.1) is 17.7 Å². The first-order valence-electron chi connectivity index (χ1n) is 29.9. The number of piperidine rings is 1. The number of thiazole rings is 2. The number of nitrogens with one attached hydrogen (secondary N) is 2. The molecule has 2 saturated heterocycles. The maximum Gasteiger partial charge on any atom is 0.355 e. The van der Waals surface area contributed by atoms with Crippen LogP contribution in [0.4, 0.5) is 15.2 Å². The summed E-state index contributed by atoms with van der Waals surface area (Å²) in [7, 11) is 0. The van der Waals surface area contributed by atoms with Crippen molar-refractivity contribution in [3.8, 4) is 17.6 Å². The van der Waals surface area contributed by atoms with Crippen LogP contribution in [-0.2, 0) is 67.6 Å². The molecule has 468 valence electrons. The van der Waals surface area contributed by atoms with Gasteiger partial charge in [-0.3, -0.25) is 48.6 Å². The van der Waals surface area contributed by atoms with Crippen LogP contribution in [-0.4, -0.2) is 178 Å². The number of hydrogen-bond donors (Lipinski definition) is 3. The number of rotatable bonds is 28. The van der Waals surface area contributed by atoms with Crippen LogP contribution in [0.1, 0.15) is 106 Å². The summed E-state index contributed by atoms with van der Waals surface area (Å²) in [5.74, 6) is 2.39. The van der Waals surface area contributed by atoms with Crippen LogP contribution >= 0.6 is 22.7 Å². The number of nitrogens with zero attached hydrogens (tertiary/aromatic N) is 9. The second kappa shape index (κ2) is 29.6. The van der Waals surface area contributed by atoms with Gasteiger partial charge in [0.05, 0.1) is 86.8 Å². The molecule has 4 aliphatic rings. The van der Waals surface area contributed by atoms with E-state index in [1.54, 1.807) is 41.2 Å². The highest BCUT2D eigenvalue weighted by atomic mass is 32.1. The number of Topliss-reactive ketones (excluding diaryl/α,β-unsaturated/α-hetero) is 1. The van der Waals surface area contributed by atoms with Gasteiger partial charge in [0.2, 0.25) is 17.7 Å². The van der Waals surface area contributed by atoms with E-state index in [4.69, 9.17) is 18.9 Å². The Hall–Kier alpha value is -8.84. The number of para-hydroxylation sites is 1. The summed E-state index contributed by atoms with van der Waals surface area (Å²) >= 11 is 2.83. The number of carboxylic acid groups (broad SMARTS) is 1. The number of piperazine rings is 1. The van der Waals surface area contributed by atoms with Crippen molar-refractivity contribution < 1.29 is 62.0 Å². The van der Waals surface area contributed by atoms with E-state index in [0.29, 0.717) is 157 Å². The quantitative estimate of drug-likeness (QED) is 0.0213. The standard InChI is InChI=1S/C64H66FN11O12S2/c65-47-36-41(17-19-52(47)88-30-7-15-54-59(63(83)84)69-64(90-54)74-25-21-42-9-3-10-44(46(42)39-74)51(77)37-56-67-48-12-1-2-14-53(48)89-56)8-5-23-72-26-28-73(29-27-72)57(79)16-6-24-75-38-43(70-71-75)40-87-35-34-86-33-32-85-31-22-66-49-13-4-11-45-58(49)62(82)76(61(45)81)50-18-20-55(78)68-60(50)80/h1-4,9-14,17,19,36,38,50,66H,6-7,15-16,18,20-35,37,39-40H2,(H,83,84)(H,68,78,80). The van der Waals surface area contributed by atoms with Gasteiger partial charge in [-0.05, 0) is 85.7 Å². The highest BCUT2D eigenvalue weighted by Gasteiger charge is 2.45. The van der Waals surface area contributed by atoms with E-state index in [-0.39, 0.29) is 66.7 Å². The Balaban J connectivity index is 0.524. The van der Waals surface area contributed by atoms with Crippen molar-refractivity contribution in [2.45, 2.75) is 77.1 Å². The molecular weight excluding hydrogens is 1200 g/mol. The third-order valence-electron chi connectivity index (χ3n) is 15.8. The molecule has 0 aliphatic carbocycles. The number of imide groups is 2. The summed E-state index contributed by atoms with van der Waals surface area (Å²) in [5, 5.41) is 25.1. The molecule has 4 aromatic carbocycles. The Morgan fingerprint density at radius 1 is 0.833 bits per heavy atom. The van der Waals surface area contributed by atoms with Crippen molar-refractivity contribution in [2.24, 2.45) is 0 Å². The zero-order chi connectivity index (χ0) is 62.5. The van der Waals surface area contributed by atoms with Crippen molar-refractivity contribution in [1.29, 1.82) is 0 Å². The fourth-order valence-corrected chi connectivity index (χ4v) is 13.2. The average Bonchev–Trinajstić information content (AvgIpc) is 1.87. The van der Waals surface area contributed by atoms with Gasteiger partial charge in [0, 0.05) is 86.9 Å². The van der Waals surface area contributed by atoms with Crippen molar-refractivity contribution in [3.05, 3.63) is 146 Å². The Morgan fingerprint density at radius 2 is 1.64 bits per heavy atom. The Labute approximate surface area is 525 Å². The van der Waals surface area contributed by atoms with Gasteiger partial charge in [-0.1, -0.05) is 53.5 Å². The first-order chi connectivity index (χ1) is 43.8. The predicted molar refractivity (Wildman–Crippen MR) is 330 cm³/mol. The zero-order valence-corrected chi connectivity index (χ0v) is 50.9. The number of aromatic nitrogens is 5. The molecular formula is C64H66FN11O12S2. The van der Waals surface area contributed by atoms with Gasteiger partial charge < -0.3 is 39.2 Å². The number of benzene rings is 4. The lowest BCUT2D eigenvalue weighted by Crippen LogP contribution is -2.54. The number of aromatic carboxylic acids is 1. The number of carboxylic acids is 1. The monoisotopic (exact) mass is 1260 g/mol. The molecule has 3 N–H and O–H groups in total. The highest BCUT2D eigenvalue weighted by Crippen LogP contribution is 2.35. The number of ether oxygens (including phenoxy) is 4. The van der Waals surface area contributed by atoms with E-state index in [0.717, 1.165) is 31.3 Å². The molecule has 0 spiro atoms. The number of amides is 5. The number of halogens is 1. The number of carbonyl (C=O) groups excluding carboxylic acids is 6. The van der Waals surface area contributed by atoms with E-state index in [2.05, 4.69) is 47.7 Å². The van der Waals surface area contributed by atoms with Crippen molar-refractivity contribution in [2.75, 3.05) is 95.7 Å². The molecule has 4 aliphatic heterocycles. The van der Waals surface area contributed by atoms with Crippen LogP contribution in [0.25, 0.3) is 10.2 Å². The van der Waals surface area contributed by atoms with E-state index in [1.807, 2.05) is 52.3 Å². The molecule has 3 aromatic heterocycles. The summed E-state index contributed by atoms with van der Waals surface area (Å²) in [6.45, 7) is 6.89. The first kappa shape index (κ1) is 62.8. The Bertz CT molecular complexity index is 3860. The molecule has 1 unspecified atom stereocenters. The average molecular weight is 1260 g/mol. The fourth-order valence-electron chi connectivity index (χ4n) is 11.2. The lowest BCUT2D eigenvalue weighted by atomic mass is 9.92. The molecule has 5 amide bonds. The molecule has 90 heavy (non-hydrogen) atoms. The molecule has 0 saturated carbocycles. The molecule has 1 atom stereocenters. The number of ketones is 1. The third kappa shape index (κ3) is 15.4. The first-order valence-corrected chi connectivity index (χ1v) is 31.5. The number of anilines is 2. The minimum atomic E-state index is -1.13. The van der Waals surface area contributed by atoms with Gasteiger partial charge in [0.25, 0.3) is 11.8 Å². The van der Waals surface area contributed by atoms with E-state index in [9.17, 15) is 38.7 Å². The summed E-state index contributed by atoms with van der Waals surface area (Å²) in [6.07, 6.45) is 4.56. The normalized spacial score (nSPS) is 15.8. The molecule has 0 radical (unpaired) electrons. The minimum absolute atomic E-state index is 0.0126. The summed E-state index contributed by atoms with van der Waals surface area (Å²) in [6, 6.07) is 22.1. The molecule has 26 heteroatoms. The molecule has 2 fully saturated rings.